The molecule has 0 spiro atoms. The smallest absolute Gasteiger partial charge is 0.282 e. The van der Waals surface area contributed by atoms with E-state index in [9.17, 15) is 9.59 Å². The van der Waals surface area contributed by atoms with Crippen LogP contribution in [0.1, 0.15) is 44.4 Å². The van der Waals surface area contributed by atoms with Gasteiger partial charge in [0.1, 0.15) is 11.5 Å². The van der Waals surface area contributed by atoms with E-state index in [1.807, 2.05) is 33.8 Å². The molecule has 6 rings (SSSR count). The maximum absolute atomic E-state index is 15.4. The number of fused-ring (bicyclic) bond motifs is 2. The molecule has 3 N–H and O–H groups in total. The molecule has 0 bridgehead atoms. The lowest BCUT2D eigenvalue weighted by molar-refractivity contribution is -0.114. The van der Waals surface area contributed by atoms with Crippen molar-refractivity contribution in [2.24, 2.45) is 5.73 Å². The summed E-state index contributed by atoms with van der Waals surface area (Å²) in [5, 5.41) is 16.4. The van der Waals surface area contributed by atoms with Gasteiger partial charge in [-0.25, -0.2) is 4.39 Å². The molecule has 0 radical (unpaired) electrons. The first-order valence-corrected chi connectivity index (χ1v) is 15.6. The highest BCUT2D eigenvalue weighted by atomic mass is 19.1. The van der Waals surface area contributed by atoms with Crippen LogP contribution in [-0.2, 0) is 21.6 Å². The molecule has 12 heteroatoms. The van der Waals surface area contributed by atoms with Gasteiger partial charge < -0.3 is 20.7 Å². The number of likely N-dealkylation sites (N-methyl/N-ethyl adjacent to an activating group) is 1. The lowest BCUT2D eigenvalue weighted by atomic mass is 9.86. The number of ether oxygens (including phenoxy) is 1. The Morgan fingerprint density at radius 2 is 1.96 bits per heavy atom. The fourth-order valence-electron chi connectivity index (χ4n) is 6.11. The third-order valence-electron chi connectivity index (χ3n) is 8.94. The van der Waals surface area contributed by atoms with Crippen LogP contribution in [0, 0.1) is 5.82 Å². The van der Waals surface area contributed by atoms with E-state index < -0.39 is 17.3 Å². The van der Waals surface area contributed by atoms with Crippen LogP contribution < -0.4 is 21.5 Å². The summed E-state index contributed by atoms with van der Waals surface area (Å²) in [7, 11) is 2.11. The second kappa shape index (κ2) is 12.3. The Morgan fingerprint density at radius 3 is 2.57 bits per heavy atom. The zero-order chi connectivity index (χ0) is 33.6. The Balaban J connectivity index is 1.32. The van der Waals surface area contributed by atoms with Crippen molar-refractivity contribution in [3.05, 3.63) is 99.9 Å². The number of carbonyl (C=O) groups is 1. The molecule has 2 atom stereocenters. The Labute approximate surface area is 272 Å². The van der Waals surface area contributed by atoms with Gasteiger partial charge >= 0.3 is 0 Å². The summed E-state index contributed by atoms with van der Waals surface area (Å²) >= 11 is 0. The SMILES string of the molecule is C=C(/C=C(/Nc1ccc(N2CC3C2CN3C)nn1)C(N)=O)c1cccc(-n2ncc3cc(C(C)(C)C)cc(F)c3c2=O)c1COCC. The Bertz CT molecular complexity index is 1960. The molecule has 4 aromatic rings. The number of nitrogens with one attached hydrogen (secondary N) is 1. The van der Waals surface area contributed by atoms with Crippen molar-refractivity contribution >= 4 is 33.9 Å². The van der Waals surface area contributed by atoms with Crippen LogP contribution in [0.3, 0.4) is 0 Å². The summed E-state index contributed by atoms with van der Waals surface area (Å²) in [5.74, 6) is -0.203. The number of hydrogen-bond donors (Lipinski definition) is 2. The molecular weight excluding hydrogens is 599 g/mol. The number of halogens is 1. The predicted molar refractivity (Wildman–Crippen MR) is 181 cm³/mol. The number of rotatable bonds is 10. The quantitative estimate of drug-likeness (QED) is 0.194. The highest BCUT2D eigenvalue weighted by Crippen LogP contribution is 2.35. The third-order valence-corrected chi connectivity index (χ3v) is 8.94. The minimum atomic E-state index is -0.722. The summed E-state index contributed by atoms with van der Waals surface area (Å²) in [6, 6.07) is 13.1. The van der Waals surface area contributed by atoms with Crippen LogP contribution in [-0.4, -0.2) is 69.6 Å². The Hall–Kier alpha value is -4.94. The van der Waals surface area contributed by atoms with E-state index in [0.29, 0.717) is 52.3 Å². The van der Waals surface area contributed by atoms with Crippen molar-refractivity contribution in [3.8, 4) is 5.69 Å². The number of nitrogens with two attached hydrogens (primary N) is 1. The average Bonchev–Trinajstić information content (AvgIpc) is 3.02. The lowest BCUT2D eigenvalue weighted by Crippen LogP contribution is -2.78. The summed E-state index contributed by atoms with van der Waals surface area (Å²) < 4.78 is 22.4. The number of benzene rings is 2. The lowest BCUT2D eigenvalue weighted by Gasteiger charge is -2.61. The first-order valence-electron chi connectivity index (χ1n) is 15.6. The van der Waals surface area contributed by atoms with Crippen molar-refractivity contribution in [1.29, 1.82) is 0 Å². The number of allylic oxidation sites excluding steroid dienone is 2. The van der Waals surface area contributed by atoms with Gasteiger partial charge in [0.05, 0.1) is 29.9 Å². The Morgan fingerprint density at radius 1 is 1.17 bits per heavy atom. The molecule has 2 aromatic heterocycles. The molecule has 1 amide bonds. The van der Waals surface area contributed by atoms with Gasteiger partial charge in [0.2, 0.25) is 0 Å². The highest BCUT2D eigenvalue weighted by Gasteiger charge is 2.50. The van der Waals surface area contributed by atoms with E-state index in [0.717, 1.165) is 24.5 Å². The van der Waals surface area contributed by atoms with Crippen molar-refractivity contribution < 1.29 is 13.9 Å². The van der Waals surface area contributed by atoms with E-state index in [2.05, 4.69) is 44.0 Å². The molecule has 2 saturated heterocycles. The van der Waals surface area contributed by atoms with Gasteiger partial charge in [-0.2, -0.15) is 9.78 Å². The molecule has 0 saturated carbocycles. The Kier molecular flexibility index (Phi) is 8.41. The molecule has 244 valence electrons. The number of hydrogen-bond acceptors (Lipinski definition) is 9. The predicted octanol–water partition coefficient (Wildman–Crippen LogP) is 4.15. The summed E-state index contributed by atoms with van der Waals surface area (Å²) in [6.45, 7) is 14.4. The van der Waals surface area contributed by atoms with E-state index in [1.165, 1.54) is 23.0 Å². The van der Waals surface area contributed by atoms with Crippen molar-refractivity contribution in [3.63, 3.8) is 0 Å². The zero-order valence-electron chi connectivity index (χ0n) is 27.2. The van der Waals surface area contributed by atoms with Gasteiger partial charge in [-0.05, 0) is 72.5 Å². The van der Waals surface area contributed by atoms with Crippen LogP contribution in [0.5, 0.6) is 0 Å². The summed E-state index contributed by atoms with van der Waals surface area (Å²) in [4.78, 5) is 30.8. The van der Waals surface area contributed by atoms with E-state index in [-0.39, 0.29) is 23.1 Å². The molecule has 11 nitrogen and oxygen atoms in total. The molecule has 2 aromatic carbocycles. The van der Waals surface area contributed by atoms with Crippen molar-refractivity contribution in [2.45, 2.75) is 51.8 Å². The van der Waals surface area contributed by atoms with E-state index >= 15 is 4.39 Å². The average molecular weight is 639 g/mol. The van der Waals surface area contributed by atoms with Crippen molar-refractivity contribution in [2.75, 3.05) is 37.0 Å². The second-order valence-corrected chi connectivity index (χ2v) is 13.1. The fourth-order valence-corrected chi connectivity index (χ4v) is 6.11. The van der Waals surface area contributed by atoms with Gasteiger partial charge in [-0.3, -0.25) is 14.5 Å². The van der Waals surface area contributed by atoms with Gasteiger partial charge in [0, 0.05) is 36.7 Å². The molecule has 2 aliphatic rings. The van der Waals surface area contributed by atoms with E-state index in [4.69, 9.17) is 10.5 Å². The van der Waals surface area contributed by atoms with Gasteiger partial charge in [0.15, 0.2) is 11.6 Å². The number of anilines is 2. The van der Waals surface area contributed by atoms with Gasteiger partial charge in [-0.15, -0.1) is 10.2 Å². The molecule has 2 aliphatic heterocycles. The largest absolute Gasteiger partial charge is 0.377 e. The minimum absolute atomic E-state index is 0.0483. The second-order valence-electron chi connectivity index (χ2n) is 13.1. The van der Waals surface area contributed by atoms with Crippen LogP contribution >= 0.6 is 0 Å². The summed E-state index contributed by atoms with van der Waals surface area (Å²) in [6.07, 6.45) is 3.01. The molecular formula is C35H39FN8O3. The molecule has 47 heavy (non-hydrogen) atoms. The molecule has 2 unspecified atom stereocenters. The number of likely N-dealkylation sites (tertiary alicyclic amines) is 1. The number of nitrogens with zero attached hydrogens (tertiary/aromatic N) is 6. The molecule has 4 heterocycles. The standard InChI is InChI=1S/C35H39FN8O3/c1-7-47-19-24-23(9-8-10-27(24)44-34(46)32-21(16-38-44)14-22(15-25(32)36)35(3,4)5)20(2)13-26(33(37)45)39-30-11-12-31(41-40-30)43-18-28-29(43)17-42(28)6/h8-16,28-29H,2,7,17-19H2,1,3-6H3,(H2,37,45)(H,39,40)/b26-13+. The normalized spacial score (nSPS) is 18.0. The molecule has 0 aliphatic carbocycles. The fraction of sp³-hybridized carbons (Fsp3) is 0.343. The van der Waals surface area contributed by atoms with Gasteiger partial charge in [-0.1, -0.05) is 39.5 Å². The third kappa shape index (κ3) is 6.01. The van der Waals surface area contributed by atoms with Crippen LogP contribution in [0.2, 0.25) is 0 Å². The maximum atomic E-state index is 15.4. The first-order chi connectivity index (χ1) is 22.4. The zero-order valence-corrected chi connectivity index (χ0v) is 27.2. The monoisotopic (exact) mass is 638 g/mol. The maximum Gasteiger partial charge on any atom is 0.282 e. The number of primary amides is 1. The number of carbonyl (C=O) groups excluding carboxylic acids is 1. The topological polar surface area (TPSA) is 132 Å². The number of piperazine rings is 1. The highest BCUT2D eigenvalue weighted by molar-refractivity contribution is 5.98. The van der Waals surface area contributed by atoms with Crippen LogP contribution in [0.4, 0.5) is 16.0 Å². The first kappa shape index (κ1) is 32.0. The van der Waals surface area contributed by atoms with Gasteiger partial charge in [0.25, 0.3) is 11.5 Å². The van der Waals surface area contributed by atoms with Crippen LogP contribution in [0.15, 0.2) is 71.8 Å². The minimum Gasteiger partial charge on any atom is -0.377 e. The van der Waals surface area contributed by atoms with Crippen LogP contribution in [0.25, 0.3) is 22.0 Å². The van der Waals surface area contributed by atoms with Crippen molar-refractivity contribution in [1.82, 2.24) is 24.9 Å². The summed E-state index contributed by atoms with van der Waals surface area (Å²) in [5.41, 5.74) is 7.65. The molecule has 2 fully saturated rings. The number of amides is 1. The number of aromatic nitrogens is 4. The van der Waals surface area contributed by atoms with E-state index in [1.54, 1.807) is 30.3 Å².